The number of hydrogen-bond acceptors (Lipinski definition) is 4. The minimum absolute atomic E-state index is 0.0856. The number of carbonyl (C=O) groups excluding carboxylic acids is 3. The molecular formula is C20H22N2O4. The predicted molar refractivity (Wildman–Crippen MR) is 98.8 cm³/mol. The number of nitrogens with one attached hydrogen (secondary N) is 1. The van der Waals surface area contributed by atoms with E-state index in [1.165, 1.54) is 18.9 Å². The van der Waals surface area contributed by atoms with Crippen LogP contribution in [0.15, 0.2) is 54.6 Å². The molecule has 6 heteroatoms. The number of hydrogen-bond donors (Lipinski definition) is 1. The maximum absolute atomic E-state index is 12.3. The largest absolute Gasteiger partial charge is 0.465 e. The minimum atomic E-state index is -0.534. The summed E-state index contributed by atoms with van der Waals surface area (Å²) < 4.78 is 4.71. The zero-order valence-corrected chi connectivity index (χ0v) is 14.9. The summed E-state index contributed by atoms with van der Waals surface area (Å²) in [6, 6.07) is 16.3. The Hall–Kier alpha value is -3.15. The lowest BCUT2D eigenvalue weighted by atomic mass is 10.1. The van der Waals surface area contributed by atoms with Crippen LogP contribution in [0.1, 0.15) is 22.8 Å². The van der Waals surface area contributed by atoms with Crippen LogP contribution in [0.25, 0.3) is 0 Å². The van der Waals surface area contributed by atoms with Crippen molar-refractivity contribution < 1.29 is 19.1 Å². The van der Waals surface area contributed by atoms with Gasteiger partial charge in [-0.1, -0.05) is 42.5 Å². The van der Waals surface area contributed by atoms with Crippen molar-refractivity contribution in [2.45, 2.75) is 13.3 Å². The van der Waals surface area contributed by atoms with Gasteiger partial charge in [-0.15, -0.1) is 0 Å². The topological polar surface area (TPSA) is 75.7 Å². The Morgan fingerprint density at radius 2 is 1.65 bits per heavy atom. The van der Waals surface area contributed by atoms with E-state index in [4.69, 9.17) is 4.74 Å². The first-order valence-corrected chi connectivity index (χ1v) is 8.28. The van der Waals surface area contributed by atoms with E-state index in [0.29, 0.717) is 18.7 Å². The summed E-state index contributed by atoms with van der Waals surface area (Å²) in [5.74, 6) is -1.09. The normalized spacial score (nSPS) is 10.1. The van der Waals surface area contributed by atoms with Crippen LogP contribution < -0.4 is 5.32 Å². The van der Waals surface area contributed by atoms with Crippen molar-refractivity contribution in [3.63, 3.8) is 0 Å². The molecule has 136 valence electrons. The maximum atomic E-state index is 12.3. The number of methoxy groups -OCH3 is 1. The smallest absolute Gasteiger partial charge is 0.339 e. The summed E-state index contributed by atoms with van der Waals surface area (Å²) in [7, 11) is 1.28. The summed E-state index contributed by atoms with van der Waals surface area (Å²) in [5, 5.41) is 2.68. The number of ether oxygens (including phenoxy) is 1. The number of anilines is 1. The molecule has 1 N–H and O–H groups in total. The highest BCUT2D eigenvalue weighted by Crippen LogP contribution is 2.16. The summed E-state index contributed by atoms with van der Waals surface area (Å²) >= 11 is 0. The summed E-state index contributed by atoms with van der Waals surface area (Å²) in [6.45, 7) is 1.78. The van der Waals surface area contributed by atoms with Gasteiger partial charge in [-0.25, -0.2) is 4.79 Å². The second-order valence-electron chi connectivity index (χ2n) is 5.76. The van der Waals surface area contributed by atoms with Crippen LogP contribution in [0.5, 0.6) is 0 Å². The van der Waals surface area contributed by atoms with Crippen LogP contribution in [0.3, 0.4) is 0 Å². The first kappa shape index (κ1) is 19.2. The molecule has 0 spiro atoms. The number of carbonyl (C=O) groups is 3. The summed E-state index contributed by atoms with van der Waals surface area (Å²) in [5.41, 5.74) is 1.72. The number of amides is 2. The van der Waals surface area contributed by atoms with Gasteiger partial charge < -0.3 is 15.0 Å². The van der Waals surface area contributed by atoms with Crippen LogP contribution in [0.4, 0.5) is 5.69 Å². The summed E-state index contributed by atoms with van der Waals surface area (Å²) in [4.78, 5) is 37.4. The third kappa shape index (κ3) is 5.44. The van der Waals surface area contributed by atoms with Gasteiger partial charge in [0, 0.05) is 13.5 Å². The van der Waals surface area contributed by atoms with Crippen LogP contribution in [-0.2, 0) is 20.7 Å². The van der Waals surface area contributed by atoms with Gasteiger partial charge in [-0.05, 0) is 24.1 Å². The van der Waals surface area contributed by atoms with Gasteiger partial charge in [0.15, 0.2) is 0 Å². The average Bonchev–Trinajstić information content (AvgIpc) is 2.65. The van der Waals surface area contributed by atoms with Crippen molar-refractivity contribution >= 4 is 23.5 Å². The van der Waals surface area contributed by atoms with Crippen molar-refractivity contribution in [2.75, 3.05) is 25.5 Å². The lowest BCUT2D eigenvalue weighted by molar-refractivity contribution is -0.132. The molecule has 0 bridgehead atoms. The van der Waals surface area contributed by atoms with Crippen LogP contribution >= 0.6 is 0 Å². The van der Waals surface area contributed by atoms with Crippen LogP contribution in [-0.4, -0.2) is 42.9 Å². The van der Waals surface area contributed by atoms with Gasteiger partial charge in [0.2, 0.25) is 11.8 Å². The third-order valence-corrected chi connectivity index (χ3v) is 3.90. The molecule has 0 aliphatic rings. The molecule has 2 aromatic rings. The first-order valence-electron chi connectivity index (χ1n) is 8.28. The molecule has 0 unspecified atom stereocenters. The number of benzene rings is 2. The van der Waals surface area contributed by atoms with Crippen molar-refractivity contribution in [2.24, 2.45) is 0 Å². The van der Waals surface area contributed by atoms with Crippen molar-refractivity contribution in [1.82, 2.24) is 4.90 Å². The summed E-state index contributed by atoms with van der Waals surface area (Å²) in [6.07, 6.45) is 0.659. The Kier molecular flexibility index (Phi) is 6.91. The lowest BCUT2D eigenvalue weighted by Gasteiger charge is -2.21. The lowest BCUT2D eigenvalue weighted by Crippen LogP contribution is -2.38. The predicted octanol–water partition coefficient (Wildman–Crippen LogP) is 2.50. The molecule has 0 radical (unpaired) electrons. The molecule has 0 aromatic heterocycles. The van der Waals surface area contributed by atoms with Crippen LogP contribution in [0, 0.1) is 0 Å². The second kappa shape index (κ2) is 9.36. The SMILES string of the molecule is COC(=O)c1ccccc1NC(=O)CN(CCc1ccccc1)C(C)=O. The standard InChI is InChI=1S/C20H22N2O4/c1-15(23)22(13-12-16-8-4-3-5-9-16)14-19(24)21-18-11-7-6-10-17(18)20(25)26-2/h3-11H,12-14H2,1-2H3,(H,21,24). The van der Waals surface area contributed by atoms with E-state index in [1.54, 1.807) is 24.3 Å². The number of rotatable bonds is 7. The first-order chi connectivity index (χ1) is 12.5. The van der Waals surface area contributed by atoms with Gasteiger partial charge in [-0.2, -0.15) is 0 Å². The van der Waals surface area contributed by atoms with Crippen molar-refractivity contribution in [1.29, 1.82) is 0 Å². The molecule has 0 atom stereocenters. The van der Waals surface area contributed by atoms with E-state index in [0.717, 1.165) is 5.56 Å². The van der Waals surface area contributed by atoms with Gasteiger partial charge in [-0.3, -0.25) is 9.59 Å². The molecule has 0 saturated carbocycles. The highest BCUT2D eigenvalue weighted by Gasteiger charge is 2.17. The van der Waals surface area contributed by atoms with Gasteiger partial charge >= 0.3 is 5.97 Å². The monoisotopic (exact) mass is 354 g/mol. The van der Waals surface area contributed by atoms with E-state index >= 15 is 0 Å². The van der Waals surface area contributed by atoms with E-state index in [2.05, 4.69) is 5.32 Å². The number of esters is 1. The Labute approximate surface area is 152 Å². The zero-order chi connectivity index (χ0) is 18.9. The molecule has 0 aliphatic carbocycles. The van der Waals surface area contributed by atoms with Crippen LogP contribution in [0.2, 0.25) is 0 Å². The Balaban J connectivity index is 2.00. The molecule has 0 heterocycles. The Bertz CT molecular complexity index is 774. The molecule has 6 nitrogen and oxygen atoms in total. The minimum Gasteiger partial charge on any atom is -0.465 e. The Morgan fingerprint density at radius 1 is 1.00 bits per heavy atom. The fourth-order valence-corrected chi connectivity index (χ4v) is 2.50. The quantitative estimate of drug-likeness (QED) is 0.775. The zero-order valence-electron chi connectivity index (χ0n) is 14.9. The van der Waals surface area contributed by atoms with Gasteiger partial charge in [0.05, 0.1) is 24.9 Å². The molecule has 2 rings (SSSR count). The molecular weight excluding hydrogens is 332 g/mol. The van der Waals surface area contributed by atoms with E-state index in [-0.39, 0.29) is 23.9 Å². The maximum Gasteiger partial charge on any atom is 0.339 e. The Morgan fingerprint density at radius 3 is 2.31 bits per heavy atom. The highest BCUT2D eigenvalue weighted by atomic mass is 16.5. The second-order valence-corrected chi connectivity index (χ2v) is 5.76. The molecule has 0 aliphatic heterocycles. The van der Waals surface area contributed by atoms with Crippen molar-refractivity contribution in [3.8, 4) is 0 Å². The fraction of sp³-hybridized carbons (Fsp3) is 0.250. The molecule has 0 saturated heterocycles. The van der Waals surface area contributed by atoms with Crippen molar-refractivity contribution in [3.05, 3.63) is 65.7 Å². The van der Waals surface area contributed by atoms with Gasteiger partial charge in [0.25, 0.3) is 0 Å². The number of para-hydroxylation sites is 1. The molecule has 26 heavy (non-hydrogen) atoms. The molecule has 0 fully saturated rings. The van der Waals surface area contributed by atoms with E-state index in [1.807, 2.05) is 30.3 Å². The van der Waals surface area contributed by atoms with Gasteiger partial charge in [0.1, 0.15) is 0 Å². The van der Waals surface area contributed by atoms with E-state index in [9.17, 15) is 14.4 Å². The fourth-order valence-electron chi connectivity index (χ4n) is 2.50. The highest BCUT2D eigenvalue weighted by molar-refractivity contribution is 6.02. The molecule has 2 amide bonds. The average molecular weight is 354 g/mol. The number of nitrogens with zero attached hydrogens (tertiary/aromatic N) is 1. The third-order valence-electron chi connectivity index (χ3n) is 3.90. The molecule has 2 aromatic carbocycles. The van der Waals surface area contributed by atoms with E-state index < -0.39 is 5.97 Å².